The molecule has 8 nitrogen and oxygen atoms in total. The van der Waals surface area contributed by atoms with E-state index in [1.807, 2.05) is 0 Å². The number of nitriles is 1. The highest BCUT2D eigenvalue weighted by molar-refractivity contribution is 6.08. The van der Waals surface area contributed by atoms with Crippen LogP contribution in [0.1, 0.15) is 5.56 Å². The standard InChI is InChI=1S/C17H16F3N3O5/c1-27-16(26)12-8-23(4-5-24)15(25)14(12)22-11-2-3-13(10(6-11)7-21)28-9-17(18,19)20/h2-3,6,22,24H,4-5,8-9H2,1H3. The number of nitrogens with one attached hydrogen (secondary N) is 1. The largest absolute Gasteiger partial charge is 0.483 e. The van der Waals surface area contributed by atoms with E-state index in [9.17, 15) is 22.8 Å². The van der Waals surface area contributed by atoms with Gasteiger partial charge in [-0.2, -0.15) is 18.4 Å². The Bertz CT molecular complexity index is 845. The summed E-state index contributed by atoms with van der Waals surface area (Å²) in [4.78, 5) is 25.6. The van der Waals surface area contributed by atoms with Crippen molar-refractivity contribution in [2.45, 2.75) is 6.18 Å². The number of amides is 1. The first-order valence-corrected chi connectivity index (χ1v) is 7.92. The molecule has 11 heteroatoms. The number of hydrogen-bond acceptors (Lipinski definition) is 7. The van der Waals surface area contributed by atoms with E-state index in [1.165, 1.54) is 17.0 Å². The number of methoxy groups -OCH3 is 1. The molecule has 28 heavy (non-hydrogen) atoms. The molecule has 1 amide bonds. The van der Waals surface area contributed by atoms with Crippen molar-refractivity contribution in [2.24, 2.45) is 0 Å². The Kier molecular flexibility index (Phi) is 6.48. The molecule has 0 aromatic heterocycles. The van der Waals surface area contributed by atoms with Crippen LogP contribution >= 0.6 is 0 Å². The third kappa shape index (κ3) is 4.92. The van der Waals surface area contributed by atoms with Gasteiger partial charge in [-0.05, 0) is 18.2 Å². The molecule has 2 rings (SSSR count). The molecular weight excluding hydrogens is 383 g/mol. The van der Waals surface area contributed by atoms with E-state index in [1.54, 1.807) is 6.07 Å². The van der Waals surface area contributed by atoms with Crippen molar-refractivity contribution in [1.29, 1.82) is 5.26 Å². The number of aliphatic hydroxyl groups is 1. The lowest BCUT2D eigenvalue weighted by molar-refractivity contribution is -0.153. The molecular formula is C17H16F3N3O5. The lowest BCUT2D eigenvalue weighted by Gasteiger charge is -2.15. The van der Waals surface area contributed by atoms with Crippen molar-refractivity contribution in [3.05, 3.63) is 35.0 Å². The molecule has 1 aromatic rings. The highest BCUT2D eigenvalue weighted by Crippen LogP contribution is 2.27. The third-order valence-electron chi connectivity index (χ3n) is 3.71. The Balaban J connectivity index is 2.28. The number of aliphatic hydroxyl groups excluding tert-OH is 1. The molecule has 0 saturated carbocycles. The molecule has 0 aliphatic carbocycles. The number of hydrogen-bond donors (Lipinski definition) is 2. The lowest BCUT2D eigenvalue weighted by atomic mass is 10.1. The number of alkyl halides is 3. The maximum absolute atomic E-state index is 12.4. The summed E-state index contributed by atoms with van der Waals surface area (Å²) < 4.78 is 46.1. The van der Waals surface area contributed by atoms with Gasteiger partial charge in [0.15, 0.2) is 6.61 Å². The van der Waals surface area contributed by atoms with E-state index < -0.39 is 24.7 Å². The van der Waals surface area contributed by atoms with Crippen LogP contribution in [-0.4, -0.2) is 61.5 Å². The van der Waals surface area contributed by atoms with Gasteiger partial charge in [-0.1, -0.05) is 0 Å². The van der Waals surface area contributed by atoms with Crippen molar-refractivity contribution in [2.75, 3.05) is 38.7 Å². The maximum atomic E-state index is 12.4. The van der Waals surface area contributed by atoms with Crippen molar-refractivity contribution < 1.29 is 37.3 Å². The van der Waals surface area contributed by atoms with Crippen LogP contribution in [0.3, 0.4) is 0 Å². The van der Waals surface area contributed by atoms with Crippen molar-refractivity contribution in [3.8, 4) is 11.8 Å². The third-order valence-corrected chi connectivity index (χ3v) is 3.71. The smallest absolute Gasteiger partial charge is 0.422 e. The molecule has 0 spiro atoms. The Labute approximate surface area is 157 Å². The zero-order valence-corrected chi connectivity index (χ0v) is 14.7. The number of halogens is 3. The van der Waals surface area contributed by atoms with Gasteiger partial charge < -0.3 is 24.8 Å². The van der Waals surface area contributed by atoms with Crippen molar-refractivity contribution in [1.82, 2.24) is 4.90 Å². The molecule has 1 heterocycles. The number of carbonyl (C=O) groups is 2. The fraction of sp³-hybridized carbons (Fsp3) is 0.353. The van der Waals surface area contributed by atoms with Gasteiger partial charge in [-0.3, -0.25) is 4.79 Å². The van der Waals surface area contributed by atoms with Gasteiger partial charge in [0.05, 0.1) is 31.4 Å². The molecule has 0 saturated heterocycles. The molecule has 1 aromatic carbocycles. The van der Waals surface area contributed by atoms with Gasteiger partial charge in [-0.25, -0.2) is 4.79 Å². The monoisotopic (exact) mass is 399 g/mol. The molecule has 2 N–H and O–H groups in total. The molecule has 1 aliphatic heterocycles. The van der Waals surface area contributed by atoms with Gasteiger partial charge in [0.2, 0.25) is 0 Å². The highest BCUT2D eigenvalue weighted by Gasteiger charge is 2.34. The molecule has 150 valence electrons. The van der Waals surface area contributed by atoms with Gasteiger partial charge in [-0.15, -0.1) is 0 Å². The number of benzene rings is 1. The summed E-state index contributed by atoms with van der Waals surface area (Å²) in [6, 6.07) is 5.35. The van der Waals surface area contributed by atoms with Gasteiger partial charge in [0.25, 0.3) is 5.91 Å². The molecule has 0 atom stereocenters. The fourth-order valence-corrected chi connectivity index (χ4v) is 2.47. The first kappa shape index (κ1) is 21.0. The van der Waals surface area contributed by atoms with Crippen LogP contribution in [0.25, 0.3) is 0 Å². The van der Waals surface area contributed by atoms with E-state index in [-0.39, 0.29) is 48.0 Å². The highest BCUT2D eigenvalue weighted by atomic mass is 19.4. The summed E-state index contributed by atoms with van der Waals surface area (Å²) in [6.07, 6.45) is -4.56. The Morgan fingerprint density at radius 1 is 1.43 bits per heavy atom. The average molecular weight is 399 g/mol. The van der Waals surface area contributed by atoms with Crippen LogP contribution < -0.4 is 10.1 Å². The summed E-state index contributed by atoms with van der Waals surface area (Å²) in [5.41, 5.74) is -0.0800. The summed E-state index contributed by atoms with van der Waals surface area (Å²) in [5, 5.41) is 20.9. The van der Waals surface area contributed by atoms with Crippen LogP contribution in [0.5, 0.6) is 5.75 Å². The SMILES string of the molecule is COC(=O)C1=C(Nc2ccc(OCC(F)(F)F)c(C#N)c2)C(=O)N(CCO)C1. The number of esters is 1. The number of nitrogens with zero attached hydrogens (tertiary/aromatic N) is 2. The molecule has 0 fully saturated rings. The molecule has 1 aliphatic rings. The summed E-state index contributed by atoms with van der Waals surface area (Å²) in [6.45, 7) is -1.94. The minimum Gasteiger partial charge on any atom is -0.483 e. The predicted octanol–water partition coefficient (Wildman–Crippen LogP) is 1.17. The van der Waals surface area contributed by atoms with Crippen molar-refractivity contribution in [3.63, 3.8) is 0 Å². The molecule has 0 unspecified atom stereocenters. The van der Waals surface area contributed by atoms with E-state index in [4.69, 9.17) is 10.4 Å². The van der Waals surface area contributed by atoms with Crippen LogP contribution in [0, 0.1) is 11.3 Å². The Morgan fingerprint density at radius 3 is 2.71 bits per heavy atom. The summed E-state index contributed by atoms with van der Waals surface area (Å²) in [7, 11) is 1.15. The quantitative estimate of drug-likeness (QED) is 0.662. The normalized spacial score (nSPS) is 14.1. The van der Waals surface area contributed by atoms with Crippen LogP contribution in [-0.2, 0) is 14.3 Å². The predicted molar refractivity (Wildman–Crippen MR) is 89.0 cm³/mol. The Hall–Kier alpha value is -3.26. The topological polar surface area (TPSA) is 112 Å². The van der Waals surface area contributed by atoms with Crippen molar-refractivity contribution >= 4 is 17.6 Å². The average Bonchev–Trinajstić information content (AvgIpc) is 2.95. The second kappa shape index (κ2) is 8.62. The van der Waals surface area contributed by atoms with E-state index in [2.05, 4.69) is 14.8 Å². The minimum atomic E-state index is -4.56. The second-order valence-electron chi connectivity index (χ2n) is 5.65. The number of anilines is 1. The lowest BCUT2D eigenvalue weighted by Crippen LogP contribution is -2.31. The fourth-order valence-electron chi connectivity index (χ4n) is 2.47. The van der Waals surface area contributed by atoms with E-state index in [0.717, 1.165) is 13.2 Å². The van der Waals surface area contributed by atoms with Crippen LogP contribution in [0.4, 0.5) is 18.9 Å². The van der Waals surface area contributed by atoms with E-state index >= 15 is 0 Å². The van der Waals surface area contributed by atoms with Gasteiger partial charge in [0.1, 0.15) is 17.5 Å². The minimum absolute atomic E-state index is 0.00181. The first-order valence-electron chi connectivity index (χ1n) is 7.92. The maximum Gasteiger partial charge on any atom is 0.422 e. The molecule has 0 bridgehead atoms. The summed E-state index contributed by atoms with van der Waals surface area (Å²) in [5.74, 6) is -1.58. The number of rotatable bonds is 7. The zero-order chi connectivity index (χ0) is 20.9. The van der Waals surface area contributed by atoms with Crippen LogP contribution in [0.15, 0.2) is 29.5 Å². The van der Waals surface area contributed by atoms with Gasteiger partial charge in [0, 0.05) is 12.2 Å². The zero-order valence-electron chi connectivity index (χ0n) is 14.7. The first-order chi connectivity index (χ1) is 13.2. The van der Waals surface area contributed by atoms with E-state index in [0.29, 0.717) is 0 Å². The Morgan fingerprint density at radius 2 is 2.14 bits per heavy atom. The second-order valence-corrected chi connectivity index (χ2v) is 5.65. The van der Waals surface area contributed by atoms with Crippen LogP contribution in [0.2, 0.25) is 0 Å². The number of β-amino-alcohol motifs (C(OH)–C–C–N with tert-alkyl or cyclic N) is 1. The summed E-state index contributed by atoms with van der Waals surface area (Å²) >= 11 is 0. The molecule has 0 radical (unpaired) electrons. The number of ether oxygens (including phenoxy) is 2. The van der Waals surface area contributed by atoms with Gasteiger partial charge >= 0.3 is 12.1 Å². The number of carbonyl (C=O) groups excluding carboxylic acids is 2.